The molecule has 0 fully saturated rings. The van der Waals surface area contributed by atoms with Crippen LogP contribution in [0.15, 0.2) is 43.0 Å². The van der Waals surface area contributed by atoms with Gasteiger partial charge >= 0.3 is 0 Å². The number of carbonyl (C=O) groups is 1. The van der Waals surface area contributed by atoms with Crippen LogP contribution in [0.25, 0.3) is 0 Å². The summed E-state index contributed by atoms with van der Waals surface area (Å²) < 4.78 is -0.0506. The first-order chi connectivity index (χ1) is 9.35. The summed E-state index contributed by atoms with van der Waals surface area (Å²) in [5, 5.41) is 3.62. The fourth-order valence-electron chi connectivity index (χ4n) is 1.98. The molecule has 0 aliphatic carbocycles. The molecule has 0 heterocycles. The number of carbonyl (C=O) groups excluding carboxylic acids is 1. The summed E-state index contributed by atoms with van der Waals surface area (Å²) in [6.45, 7) is 12.6. The van der Waals surface area contributed by atoms with Crippen LogP contribution in [-0.4, -0.2) is 16.4 Å². The first kappa shape index (κ1) is 17.0. The van der Waals surface area contributed by atoms with Gasteiger partial charge in [0.15, 0.2) is 5.12 Å². The zero-order valence-corrected chi connectivity index (χ0v) is 13.7. The molecule has 0 aliphatic rings. The third-order valence-corrected chi connectivity index (χ3v) is 4.10. The molecule has 0 bridgehead atoms. The maximum atomic E-state index is 12.4. The van der Waals surface area contributed by atoms with Crippen molar-refractivity contribution in [1.82, 2.24) is 5.32 Å². The van der Waals surface area contributed by atoms with E-state index in [4.69, 9.17) is 0 Å². The number of nitrogens with one attached hydrogen (secondary N) is 1. The van der Waals surface area contributed by atoms with Crippen LogP contribution in [-0.2, 0) is 4.79 Å². The second-order valence-corrected chi connectivity index (χ2v) is 7.74. The van der Waals surface area contributed by atoms with Crippen LogP contribution in [0.2, 0.25) is 0 Å². The molecule has 2 nitrogen and oxygen atoms in total. The summed E-state index contributed by atoms with van der Waals surface area (Å²) in [6, 6.07) is 10.2. The van der Waals surface area contributed by atoms with Crippen molar-refractivity contribution in [2.75, 3.05) is 6.54 Å². The van der Waals surface area contributed by atoms with E-state index in [-0.39, 0.29) is 21.8 Å². The average molecular weight is 291 g/mol. The number of benzene rings is 1. The van der Waals surface area contributed by atoms with E-state index in [1.807, 2.05) is 31.2 Å². The lowest BCUT2D eigenvalue weighted by Gasteiger charge is -2.26. The van der Waals surface area contributed by atoms with Crippen molar-refractivity contribution in [3.8, 4) is 0 Å². The Morgan fingerprint density at radius 1 is 1.35 bits per heavy atom. The highest BCUT2D eigenvalue weighted by molar-refractivity contribution is 8.14. The summed E-state index contributed by atoms with van der Waals surface area (Å²) in [6.07, 6.45) is 1.82. The van der Waals surface area contributed by atoms with Crippen LogP contribution in [0.4, 0.5) is 0 Å². The lowest BCUT2D eigenvalue weighted by atomic mass is 9.95. The van der Waals surface area contributed by atoms with Crippen LogP contribution in [0.3, 0.4) is 0 Å². The normalized spacial score (nSPS) is 14.6. The Balaban J connectivity index is 2.87. The fraction of sp³-hybridized carbons (Fsp3) is 0.471. The van der Waals surface area contributed by atoms with Crippen molar-refractivity contribution >= 4 is 16.9 Å². The standard InChI is InChI=1S/C17H25NOS/c1-6-12-18-15(14-10-8-7-9-11-14)13(2)16(19)20-17(3,4)5/h6-11,13,15,18H,1,12H2,2-5H3/t13-,15+/m1/s1. The lowest BCUT2D eigenvalue weighted by molar-refractivity contribution is -0.114. The van der Waals surface area contributed by atoms with E-state index in [0.29, 0.717) is 6.54 Å². The van der Waals surface area contributed by atoms with Crippen molar-refractivity contribution in [3.05, 3.63) is 48.6 Å². The molecule has 0 aliphatic heterocycles. The predicted molar refractivity (Wildman–Crippen MR) is 88.9 cm³/mol. The van der Waals surface area contributed by atoms with Gasteiger partial charge in [0.1, 0.15) is 0 Å². The van der Waals surface area contributed by atoms with Crippen molar-refractivity contribution in [2.24, 2.45) is 5.92 Å². The molecule has 0 unspecified atom stereocenters. The Kier molecular flexibility index (Phi) is 6.50. The minimum Gasteiger partial charge on any atom is -0.306 e. The molecule has 0 aromatic heterocycles. The summed E-state index contributed by atoms with van der Waals surface area (Å²) in [5.41, 5.74) is 1.14. The summed E-state index contributed by atoms with van der Waals surface area (Å²) in [5.74, 6) is -0.0819. The van der Waals surface area contributed by atoms with Gasteiger partial charge in [-0.3, -0.25) is 4.79 Å². The molecule has 3 heteroatoms. The van der Waals surface area contributed by atoms with Crippen molar-refractivity contribution in [1.29, 1.82) is 0 Å². The zero-order chi connectivity index (χ0) is 15.2. The van der Waals surface area contributed by atoms with Crippen molar-refractivity contribution < 1.29 is 4.79 Å². The number of rotatable bonds is 6. The third kappa shape index (κ3) is 5.51. The highest BCUT2D eigenvalue weighted by Gasteiger charge is 2.28. The summed E-state index contributed by atoms with van der Waals surface area (Å²) in [4.78, 5) is 12.4. The molecule has 1 N–H and O–H groups in total. The largest absolute Gasteiger partial charge is 0.306 e. The van der Waals surface area contributed by atoms with E-state index < -0.39 is 0 Å². The smallest absolute Gasteiger partial charge is 0.194 e. The molecule has 0 amide bonds. The van der Waals surface area contributed by atoms with Crippen LogP contribution in [0.5, 0.6) is 0 Å². The van der Waals surface area contributed by atoms with Gasteiger partial charge in [0.05, 0.1) is 0 Å². The molecule has 2 atom stereocenters. The monoisotopic (exact) mass is 291 g/mol. The molecule has 110 valence electrons. The number of hydrogen-bond donors (Lipinski definition) is 1. The van der Waals surface area contributed by atoms with E-state index in [0.717, 1.165) is 5.56 Å². The molecule has 20 heavy (non-hydrogen) atoms. The SMILES string of the molecule is C=CCN[C@H](c1ccccc1)[C@@H](C)C(=O)SC(C)(C)C. The fourth-order valence-corrected chi connectivity index (χ4v) is 2.91. The molecular weight excluding hydrogens is 266 g/mol. The topological polar surface area (TPSA) is 29.1 Å². The van der Waals surface area contributed by atoms with E-state index >= 15 is 0 Å². The maximum absolute atomic E-state index is 12.4. The highest BCUT2D eigenvalue weighted by Crippen LogP contribution is 2.32. The van der Waals surface area contributed by atoms with Crippen LogP contribution in [0, 0.1) is 5.92 Å². The first-order valence-corrected chi connectivity index (χ1v) is 7.79. The van der Waals surface area contributed by atoms with Gasteiger partial charge in [-0.1, -0.05) is 75.9 Å². The molecule has 1 aromatic carbocycles. The van der Waals surface area contributed by atoms with Gasteiger partial charge in [0.25, 0.3) is 0 Å². The van der Waals surface area contributed by atoms with Crippen molar-refractivity contribution in [2.45, 2.75) is 38.5 Å². The van der Waals surface area contributed by atoms with Crippen molar-refractivity contribution in [3.63, 3.8) is 0 Å². The predicted octanol–water partition coefficient (Wildman–Crippen LogP) is 4.20. The van der Waals surface area contributed by atoms with Gasteiger partial charge < -0.3 is 5.32 Å². The lowest BCUT2D eigenvalue weighted by Crippen LogP contribution is -2.31. The minimum absolute atomic E-state index is 0.0246. The Morgan fingerprint density at radius 2 is 1.95 bits per heavy atom. The van der Waals surface area contributed by atoms with Gasteiger partial charge in [0, 0.05) is 23.3 Å². The second kappa shape index (κ2) is 7.65. The van der Waals surface area contributed by atoms with E-state index in [9.17, 15) is 4.79 Å². The molecule has 0 saturated carbocycles. The molecule has 0 radical (unpaired) electrons. The summed E-state index contributed by atoms with van der Waals surface area (Å²) in [7, 11) is 0. The molecule has 0 spiro atoms. The Bertz CT molecular complexity index is 436. The van der Waals surface area contributed by atoms with Gasteiger partial charge in [0.2, 0.25) is 0 Å². The van der Waals surface area contributed by atoms with Crippen LogP contribution < -0.4 is 5.32 Å². The van der Waals surface area contributed by atoms with Crippen LogP contribution >= 0.6 is 11.8 Å². The van der Waals surface area contributed by atoms with E-state index in [1.54, 1.807) is 0 Å². The molecular formula is C17H25NOS. The van der Waals surface area contributed by atoms with Gasteiger partial charge in [-0.2, -0.15) is 0 Å². The highest BCUT2D eigenvalue weighted by atomic mass is 32.2. The Labute approximate surface area is 127 Å². The Hall–Kier alpha value is -1.06. The summed E-state index contributed by atoms with van der Waals surface area (Å²) >= 11 is 1.42. The van der Waals surface area contributed by atoms with E-state index in [2.05, 4.69) is 44.8 Å². The van der Waals surface area contributed by atoms with Crippen LogP contribution in [0.1, 0.15) is 39.3 Å². The minimum atomic E-state index is -0.0819. The average Bonchev–Trinajstić information content (AvgIpc) is 2.38. The number of hydrogen-bond acceptors (Lipinski definition) is 3. The van der Waals surface area contributed by atoms with Gasteiger partial charge in [-0.05, 0) is 5.56 Å². The molecule has 1 aromatic rings. The molecule has 1 rings (SSSR count). The Morgan fingerprint density at radius 3 is 2.45 bits per heavy atom. The quantitative estimate of drug-likeness (QED) is 0.797. The molecule has 0 saturated heterocycles. The third-order valence-electron chi connectivity index (χ3n) is 2.92. The number of thioether (sulfide) groups is 1. The van der Waals surface area contributed by atoms with Gasteiger partial charge in [-0.15, -0.1) is 6.58 Å². The first-order valence-electron chi connectivity index (χ1n) is 6.97. The maximum Gasteiger partial charge on any atom is 0.194 e. The zero-order valence-electron chi connectivity index (χ0n) is 12.8. The second-order valence-electron chi connectivity index (χ2n) is 5.91. The van der Waals surface area contributed by atoms with E-state index in [1.165, 1.54) is 11.8 Å². The van der Waals surface area contributed by atoms with Gasteiger partial charge in [-0.25, -0.2) is 0 Å².